The van der Waals surface area contributed by atoms with Crippen molar-refractivity contribution in [3.05, 3.63) is 24.3 Å². The quantitative estimate of drug-likeness (QED) is 0.818. The summed E-state index contributed by atoms with van der Waals surface area (Å²) in [6.07, 6.45) is 1.26. The van der Waals surface area contributed by atoms with Gasteiger partial charge in [-0.1, -0.05) is 6.07 Å². The lowest BCUT2D eigenvalue weighted by Gasteiger charge is -2.29. The van der Waals surface area contributed by atoms with E-state index < -0.39 is 0 Å². The largest absolute Gasteiger partial charge is 0.497 e. The van der Waals surface area contributed by atoms with Crippen LogP contribution in [0.3, 0.4) is 0 Å². The highest BCUT2D eigenvalue weighted by molar-refractivity contribution is 5.49. The lowest BCUT2D eigenvalue weighted by atomic mass is 9.99. The van der Waals surface area contributed by atoms with Crippen molar-refractivity contribution in [3.63, 3.8) is 0 Å². The molecule has 0 aromatic heterocycles. The predicted molar refractivity (Wildman–Crippen MR) is 67.2 cm³/mol. The molecule has 16 heavy (non-hydrogen) atoms. The number of benzene rings is 1. The van der Waals surface area contributed by atoms with Crippen LogP contribution in [0.1, 0.15) is 6.42 Å². The van der Waals surface area contributed by atoms with Crippen molar-refractivity contribution >= 4 is 5.69 Å². The van der Waals surface area contributed by atoms with E-state index in [4.69, 9.17) is 4.74 Å². The van der Waals surface area contributed by atoms with Crippen LogP contribution in [0.25, 0.3) is 0 Å². The third-order valence-corrected chi connectivity index (χ3v) is 3.23. The highest BCUT2D eigenvalue weighted by Gasteiger charge is 2.16. The summed E-state index contributed by atoms with van der Waals surface area (Å²) in [5.74, 6) is 1.79. The zero-order chi connectivity index (χ0) is 11.4. The number of hydrogen-bond donors (Lipinski definition) is 1. The van der Waals surface area contributed by atoms with Gasteiger partial charge in [0.1, 0.15) is 5.75 Å². The molecule has 1 aromatic rings. The Balaban J connectivity index is 1.88. The molecule has 0 aliphatic carbocycles. The molecule has 0 saturated carbocycles. The van der Waals surface area contributed by atoms with Crippen molar-refractivity contribution in [1.82, 2.24) is 5.32 Å². The first-order chi connectivity index (χ1) is 7.79. The van der Waals surface area contributed by atoms with Crippen LogP contribution in [0, 0.1) is 5.92 Å². The molecule has 1 aliphatic rings. The molecule has 1 fully saturated rings. The number of anilines is 1. The van der Waals surface area contributed by atoms with Gasteiger partial charge in [0.05, 0.1) is 7.11 Å². The van der Waals surface area contributed by atoms with Gasteiger partial charge < -0.3 is 15.0 Å². The molecular formula is C13H20N2O. The van der Waals surface area contributed by atoms with Crippen molar-refractivity contribution in [2.45, 2.75) is 6.42 Å². The van der Waals surface area contributed by atoms with Gasteiger partial charge in [-0.25, -0.2) is 0 Å². The first-order valence-corrected chi connectivity index (χ1v) is 5.85. The number of nitrogens with zero attached hydrogens (tertiary/aromatic N) is 1. The molecule has 0 bridgehead atoms. The van der Waals surface area contributed by atoms with Gasteiger partial charge in [-0.15, -0.1) is 0 Å². The monoisotopic (exact) mass is 220 g/mol. The molecule has 0 unspecified atom stereocenters. The first-order valence-electron chi connectivity index (χ1n) is 5.85. The fourth-order valence-corrected chi connectivity index (χ4v) is 1.91. The van der Waals surface area contributed by atoms with E-state index in [0.717, 1.165) is 18.2 Å². The van der Waals surface area contributed by atoms with Gasteiger partial charge in [-0.05, 0) is 37.6 Å². The number of methoxy groups -OCH3 is 1. The van der Waals surface area contributed by atoms with E-state index in [1.54, 1.807) is 7.11 Å². The molecule has 1 N–H and O–H groups in total. The summed E-state index contributed by atoms with van der Waals surface area (Å²) in [6, 6.07) is 8.23. The van der Waals surface area contributed by atoms with Crippen LogP contribution < -0.4 is 15.0 Å². The minimum Gasteiger partial charge on any atom is -0.497 e. The second-order valence-electron chi connectivity index (χ2n) is 4.44. The Morgan fingerprint density at radius 2 is 2.25 bits per heavy atom. The van der Waals surface area contributed by atoms with E-state index in [1.807, 2.05) is 12.1 Å². The molecule has 88 valence electrons. The fourth-order valence-electron chi connectivity index (χ4n) is 1.91. The molecule has 3 heteroatoms. The Morgan fingerprint density at radius 1 is 1.44 bits per heavy atom. The number of rotatable bonds is 5. The number of hydrogen-bond acceptors (Lipinski definition) is 3. The fraction of sp³-hybridized carbons (Fsp3) is 0.538. The second kappa shape index (κ2) is 5.21. The van der Waals surface area contributed by atoms with Crippen LogP contribution in [0.4, 0.5) is 5.69 Å². The average molecular weight is 220 g/mol. The summed E-state index contributed by atoms with van der Waals surface area (Å²) in [5.41, 5.74) is 1.23. The maximum absolute atomic E-state index is 5.23. The van der Waals surface area contributed by atoms with Crippen molar-refractivity contribution in [2.24, 2.45) is 5.92 Å². The Kier molecular flexibility index (Phi) is 3.67. The van der Waals surface area contributed by atoms with Crippen LogP contribution in [0.5, 0.6) is 5.75 Å². The average Bonchev–Trinajstić information content (AvgIpc) is 2.27. The zero-order valence-electron chi connectivity index (χ0n) is 10.1. The van der Waals surface area contributed by atoms with E-state index in [-0.39, 0.29) is 0 Å². The normalized spacial score (nSPS) is 15.6. The molecular weight excluding hydrogens is 200 g/mol. The second-order valence-corrected chi connectivity index (χ2v) is 4.44. The Morgan fingerprint density at radius 3 is 2.88 bits per heavy atom. The Bertz CT molecular complexity index is 336. The zero-order valence-corrected chi connectivity index (χ0v) is 10.1. The number of ether oxygens (including phenoxy) is 1. The van der Waals surface area contributed by atoms with Crippen LogP contribution >= 0.6 is 0 Å². The van der Waals surface area contributed by atoms with Gasteiger partial charge in [0.25, 0.3) is 0 Å². The molecule has 3 nitrogen and oxygen atoms in total. The van der Waals surface area contributed by atoms with Crippen molar-refractivity contribution in [3.8, 4) is 5.75 Å². The molecule has 1 saturated heterocycles. The summed E-state index contributed by atoms with van der Waals surface area (Å²) in [5, 5.41) is 3.30. The number of nitrogens with one attached hydrogen (secondary N) is 1. The Hall–Kier alpha value is -1.22. The molecule has 0 atom stereocenters. The molecule has 1 aliphatic heterocycles. The highest BCUT2D eigenvalue weighted by Crippen LogP contribution is 2.20. The first kappa shape index (κ1) is 11.3. The van der Waals surface area contributed by atoms with Gasteiger partial charge in [-0.2, -0.15) is 0 Å². The molecule has 1 heterocycles. The summed E-state index contributed by atoms with van der Waals surface area (Å²) in [4.78, 5) is 2.29. The molecule has 1 aromatic carbocycles. The molecule has 0 radical (unpaired) electrons. The van der Waals surface area contributed by atoms with E-state index in [0.29, 0.717) is 0 Å². The van der Waals surface area contributed by atoms with E-state index in [2.05, 4.69) is 29.4 Å². The van der Waals surface area contributed by atoms with Crippen LogP contribution in [-0.2, 0) is 0 Å². The predicted octanol–water partition coefficient (Wildman–Crippen LogP) is 1.74. The minimum absolute atomic E-state index is 0.869. The van der Waals surface area contributed by atoms with E-state index in [9.17, 15) is 0 Å². The third-order valence-electron chi connectivity index (χ3n) is 3.23. The van der Waals surface area contributed by atoms with Gasteiger partial charge in [0, 0.05) is 25.3 Å². The standard InChI is InChI=1S/C13H20N2O/c1-15(7-6-11-9-14-10-11)12-4-3-5-13(8-12)16-2/h3-5,8,11,14H,6-7,9-10H2,1-2H3. The van der Waals surface area contributed by atoms with Gasteiger partial charge in [-0.3, -0.25) is 0 Å². The molecule has 2 rings (SSSR count). The smallest absolute Gasteiger partial charge is 0.120 e. The van der Waals surface area contributed by atoms with E-state index in [1.165, 1.54) is 25.2 Å². The third kappa shape index (κ3) is 2.67. The lowest BCUT2D eigenvalue weighted by Crippen LogP contribution is -2.43. The Labute approximate surface area is 97.4 Å². The van der Waals surface area contributed by atoms with Gasteiger partial charge in [0.15, 0.2) is 0 Å². The van der Waals surface area contributed by atoms with Crippen molar-refractivity contribution in [1.29, 1.82) is 0 Å². The summed E-state index contributed by atoms with van der Waals surface area (Å²) in [6.45, 7) is 3.48. The summed E-state index contributed by atoms with van der Waals surface area (Å²) >= 11 is 0. The van der Waals surface area contributed by atoms with Crippen LogP contribution in [0.15, 0.2) is 24.3 Å². The summed E-state index contributed by atoms with van der Waals surface area (Å²) < 4.78 is 5.23. The van der Waals surface area contributed by atoms with Crippen molar-refractivity contribution in [2.75, 3.05) is 38.7 Å². The molecule has 0 amide bonds. The van der Waals surface area contributed by atoms with Gasteiger partial charge >= 0.3 is 0 Å². The van der Waals surface area contributed by atoms with E-state index >= 15 is 0 Å². The van der Waals surface area contributed by atoms with Crippen molar-refractivity contribution < 1.29 is 4.74 Å². The summed E-state index contributed by atoms with van der Waals surface area (Å²) in [7, 11) is 3.85. The molecule has 0 spiro atoms. The topological polar surface area (TPSA) is 24.5 Å². The lowest BCUT2D eigenvalue weighted by molar-refractivity contribution is 0.330. The maximum atomic E-state index is 5.23. The minimum atomic E-state index is 0.869. The highest BCUT2D eigenvalue weighted by atomic mass is 16.5. The van der Waals surface area contributed by atoms with Crippen LogP contribution in [0.2, 0.25) is 0 Å². The van der Waals surface area contributed by atoms with Gasteiger partial charge in [0.2, 0.25) is 0 Å². The van der Waals surface area contributed by atoms with Crippen LogP contribution in [-0.4, -0.2) is 33.8 Å². The maximum Gasteiger partial charge on any atom is 0.120 e. The SMILES string of the molecule is COc1cccc(N(C)CCC2CNC2)c1.